The van der Waals surface area contributed by atoms with Gasteiger partial charge in [-0.15, -0.1) is 5.10 Å². The molecule has 0 spiro atoms. The van der Waals surface area contributed by atoms with Gasteiger partial charge >= 0.3 is 0 Å². The Morgan fingerprint density at radius 3 is 2.50 bits per heavy atom. The van der Waals surface area contributed by atoms with E-state index in [0.717, 1.165) is 11.1 Å². The lowest BCUT2D eigenvalue weighted by Gasteiger charge is -2.21. The van der Waals surface area contributed by atoms with Gasteiger partial charge in [-0.3, -0.25) is 5.43 Å². The van der Waals surface area contributed by atoms with Crippen molar-refractivity contribution >= 4 is 23.2 Å². The average Bonchev–Trinajstić information content (AvgIpc) is 2.99. The average molecular weight is 337 g/mol. The number of rotatable bonds is 4. The van der Waals surface area contributed by atoms with E-state index >= 15 is 0 Å². The molecule has 0 saturated carbocycles. The fourth-order valence-corrected chi connectivity index (χ4v) is 2.64. The minimum absolute atomic E-state index is 0.301. The van der Waals surface area contributed by atoms with E-state index in [0.29, 0.717) is 10.0 Å². The van der Waals surface area contributed by atoms with Crippen LogP contribution >= 0.6 is 23.2 Å². The lowest BCUT2D eigenvalue weighted by Crippen LogP contribution is -2.22. The van der Waals surface area contributed by atoms with Crippen LogP contribution in [0.1, 0.15) is 17.2 Å². The Balaban J connectivity index is 2.03. The monoisotopic (exact) mass is 336 g/mol. The number of hydrogen-bond donors (Lipinski definition) is 1. The van der Waals surface area contributed by atoms with Crippen LogP contribution in [0.4, 0.5) is 4.39 Å². The van der Waals surface area contributed by atoms with Gasteiger partial charge in [-0.1, -0.05) is 41.4 Å². The number of nitrogens with one attached hydrogen (secondary N) is 1. The Labute approximate surface area is 136 Å². The number of aromatic nitrogens is 3. The fourth-order valence-electron chi connectivity index (χ4n) is 2.12. The molecule has 0 saturated heterocycles. The minimum atomic E-state index is -0.327. The van der Waals surface area contributed by atoms with Gasteiger partial charge in [-0.25, -0.2) is 9.37 Å². The highest BCUT2D eigenvalue weighted by atomic mass is 35.5. The largest absolute Gasteiger partial charge is 0.296 e. The maximum atomic E-state index is 13.2. The van der Waals surface area contributed by atoms with Gasteiger partial charge in [0.15, 0.2) is 0 Å². The lowest BCUT2D eigenvalue weighted by molar-refractivity contribution is 0.624. The molecular weight excluding hydrogens is 326 g/mol. The first kappa shape index (κ1) is 14.8. The van der Waals surface area contributed by atoms with Crippen LogP contribution in [0.15, 0.2) is 55.1 Å². The first-order valence-electron chi connectivity index (χ1n) is 6.45. The Bertz CT molecular complexity index is 760. The maximum absolute atomic E-state index is 13.2. The molecule has 0 fully saturated rings. The van der Waals surface area contributed by atoms with E-state index in [9.17, 15) is 4.39 Å². The zero-order valence-electron chi connectivity index (χ0n) is 11.2. The van der Waals surface area contributed by atoms with Crippen molar-refractivity contribution in [1.29, 1.82) is 0 Å². The molecule has 3 aromatic rings. The van der Waals surface area contributed by atoms with Crippen molar-refractivity contribution in [3.05, 3.63) is 82.1 Å². The third kappa shape index (κ3) is 3.21. The quantitative estimate of drug-likeness (QED) is 0.781. The number of hydrogen-bond acceptors (Lipinski definition) is 3. The summed E-state index contributed by atoms with van der Waals surface area (Å²) in [6.07, 6.45) is 2.94. The molecule has 22 heavy (non-hydrogen) atoms. The molecule has 0 bridgehead atoms. The van der Waals surface area contributed by atoms with Gasteiger partial charge < -0.3 is 0 Å². The summed E-state index contributed by atoms with van der Waals surface area (Å²) in [5, 5.41) is 5.08. The molecule has 112 valence electrons. The molecule has 1 atom stereocenters. The van der Waals surface area contributed by atoms with Crippen molar-refractivity contribution in [3.8, 4) is 0 Å². The van der Waals surface area contributed by atoms with Gasteiger partial charge in [-0.2, -0.15) is 4.79 Å². The molecule has 1 aromatic heterocycles. The first-order chi connectivity index (χ1) is 10.6. The van der Waals surface area contributed by atoms with E-state index in [1.54, 1.807) is 24.3 Å². The van der Waals surface area contributed by atoms with E-state index in [1.807, 2.05) is 6.07 Å². The molecule has 1 N–H and O–H groups in total. The molecule has 7 heteroatoms. The van der Waals surface area contributed by atoms with Crippen molar-refractivity contribution in [2.24, 2.45) is 0 Å². The summed E-state index contributed by atoms with van der Waals surface area (Å²) in [6.45, 7) is 0. The topological polar surface area (TPSA) is 42.7 Å². The fraction of sp³-hybridized carbons (Fsp3) is 0.0667. The van der Waals surface area contributed by atoms with Crippen molar-refractivity contribution in [2.45, 2.75) is 6.04 Å². The second-order valence-corrected chi connectivity index (χ2v) is 5.46. The van der Waals surface area contributed by atoms with Crippen molar-refractivity contribution < 1.29 is 4.39 Å². The SMILES string of the molecule is Fc1ccc(C(Nn2cncn2)c2ccc(Cl)cc2Cl)cc1. The van der Waals surface area contributed by atoms with Gasteiger partial charge in [0.05, 0.1) is 6.04 Å². The van der Waals surface area contributed by atoms with Crippen LogP contribution in [0.25, 0.3) is 0 Å². The van der Waals surface area contributed by atoms with Crippen LogP contribution in [0.3, 0.4) is 0 Å². The predicted molar refractivity (Wildman–Crippen MR) is 84.1 cm³/mol. The second kappa shape index (κ2) is 6.34. The number of nitrogens with zero attached hydrogens (tertiary/aromatic N) is 3. The highest BCUT2D eigenvalue weighted by molar-refractivity contribution is 6.35. The van der Waals surface area contributed by atoms with E-state index in [1.165, 1.54) is 29.6 Å². The van der Waals surface area contributed by atoms with Gasteiger partial charge in [-0.05, 0) is 35.4 Å². The van der Waals surface area contributed by atoms with Crippen molar-refractivity contribution in [1.82, 2.24) is 14.9 Å². The molecule has 3 rings (SSSR count). The Kier molecular flexibility index (Phi) is 4.27. The van der Waals surface area contributed by atoms with Crippen LogP contribution in [0.5, 0.6) is 0 Å². The Hall–Kier alpha value is -2.11. The molecule has 0 radical (unpaired) electrons. The highest BCUT2D eigenvalue weighted by Gasteiger charge is 2.18. The molecule has 0 aliphatic rings. The van der Waals surface area contributed by atoms with Crippen LogP contribution in [0.2, 0.25) is 10.0 Å². The normalized spacial score (nSPS) is 12.1. The van der Waals surface area contributed by atoms with Gasteiger partial charge in [0.25, 0.3) is 0 Å². The Morgan fingerprint density at radius 2 is 1.86 bits per heavy atom. The van der Waals surface area contributed by atoms with Crippen molar-refractivity contribution in [3.63, 3.8) is 0 Å². The number of halogens is 3. The van der Waals surface area contributed by atoms with E-state index < -0.39 is 0 Å². The summed E-state index contributed by atoms with van der Waals surface area (Å²) in [5.41, 5.74) is 4.80. The molecule has 2 aromatic carbocycles. The van der Waals surface area contributed by atoms with E-state index in [-0.39, 0.29) is 11.9 Å². The zero-order valence-corrected chi connectivity index (χ0v) is 12.8. The van der Waals surface area contributed by atoms with Crippen LogP contribution in [-0.2, 0) is 0 Å². The summed E-state index contributed by atoms with van der Waals surface area (Å²) in [4.78, 5) is 5.36. The van der Waals surface area contributed by atoms with Crippen LogP contribution in [0, 0.1) is 5.82 Å². The summed E-state index contributed by atoms with van der Waals surface area (Å²) >= 11 is 12.3. The van der Waals surface area contributed by atoms with E-state index in [2.05, 4.69) is 15.5 Å². The third-order valence-electron chi connectivity index (χ3n) is 3.16. The molecular formula is C15H11Cl2FN4. The summed E-state index contributed by atoms with van der Waals surface area (Å²) in [7, 11) is 0. The summed E-state index contributed by atoms with van der Waals surface area (Å²) in [6, 6.07) is 11.1. The summed E-state index contributed by atoms with van der Waals surface area (Å²) < 4.78 is 13.2. The molecule has 4 nitrogen and oxygen atoms in total. The molecule has 0 aliphatic carbocycles. The molecule has 1 heterocycles. The lowest BCUT2D eigenvalue weighted by atomic mass is 9.99. The smallest absolute Gasteiger partial charge is 0.139 e. The number of benzene rings is 2. The van der Waals surface area contributed by atoms with Crippen molar-refractivity contribution in [2.75, 3.05) is 5.43 Å². The van der Waals surface area contributed by atoms with Gasteiger partial charge in [0.1, 0.15) is 18.5 Å². The van der Waals surface area contributed by atoms with E-state index in [4.69, 9.17) is 23.2 Å². The predicted octanol–water partition coefficient (Wildman–Crippen LogP) is 4.06. The third-order valence-corrected chi connectivity index (χ3v) is 3.72. The first-order valence-corrected chi connectivity index (χ1v) is 7.20. The molecule has 0 amide bonds. The van der Waals surface area contributed by atoms with Crippen LogP contribution < -0.4 is 5.43 Å². The second-order valence-electron chi connectivity index (χ2n) is 4.62. The maximum Gasteiger partial charge on any atom is 0.139 e. The van der Waals surface area contributed by atoms with Crippen LogP contribution in [-0.4, -0.2) is 14.9 Å². The minimum Gasteiger partial charge on any atom is -0.296 e. The molecule has 0 aliphatic heterocycles. The van der Waals surface area contributed by atoms with Gasteiger partial charge in [0.2, 0.25) is 0 Å². The van der Waals surface area contributed by atoms with Gasteiger partial charge in [0, 0.05) is 10.0 Å². The summed E-state index contributed by atoms with van der Waals surface area (Å²) in [5.74, 6) is -0.301. The molecule has 1 unspecified atom stereocenters. The Morgan fingerprint density at radius 1 is 1.09 bits per heavy atom. The standard InChI is InChI=1S/C15H11Cl2FN4/c16-11-3-6-13(14(17)7-11)15(21-22-9-19-8-20-22)10-1-4-12(18)5-2-10/h1-9,15,21H. The highest BCUT2D eigenvalue weighted by Crippen LogP contribution is 2.31. The zero-order chi connectivity index (χ0) is 15.5.